The van der Waals surface area contributed by atoms with E-state index in [-0.39, 0.29) is 11.7 Å². The Hall–Kier alpha value is -2.41. The van der Waals surface area contributed by atoms with Crippen LogP contribution in [0.3, 0.4) is 0 Å². The number of carbonyl (C=O) groups excluding carboxylic acids is 1. The van der Waals surface area contributed by atoms with E-state index in [2.05, 4.69) is 36.9 Å². The van der Waals surface area contributed by atoms with E-state index in [1.54, 1.807) is 19.2 Å². The van der Waals surface area contributed by atoms with Crippen LogP contribution >= 0.6 is 15.9 Å². The average molecular weight is 435 g/mol. The quantitative estimate of drug-likeness (QED) is 0.460. The maximum absolute atomic E-state index is 13.6. The Morgan fingerprint density at radius 3 is 2.63 bits per heavy atom. The van der Waals surface area contributed by atoms with Crippen molar-refractivity contribution in [2.24, 2.45) is 4.99 Å². The first-order chi connectivity index (χ1) is 13.0. The second kappa shape index (κ2) is 10.7. The third-order valence-electron chi connectivity index (χ3n) is 3.99. The Bertz CT molecular complexity index is 810. The fourth-order valence-electron chi connectivity index (χ4n) is 2.47. The molecule has 27 heavy (non-hydrogen) atoms. The van der Waals surface area contributed by atoms with Crippen LogP contribution in [0.15, 0.2) is 51.9 Å². The summed E-state index contributed by atoms with van der Waals surface area (Å²) in [6.07, 6.45) is 0.857. The van der Waals surface area contributed by atoms with Crippen molar-refractivity contribution in [1.29, 1.82) is 0 Å². The molecule has 0 spiro atoms. The summed E-state index contributed by atoms with van der Waals surface area (Å²) in [6, 6.07) is 12.5. The number of halogens is 2. The summed E-state index contributed by atoms with van der Waals surface area (Å²) < 4.78 is 14.5. The number of guanidine groups is 1. The molecule has 3 N–H and O–H groups in total. The van der Waals surface area contributed by atoms with Crippen LogP contribution in [0.5, 0.6) is 0 Å². The van der Waals surface area contributed by atoms with Gasteiger partial charge in [0, 0.05) is 36.7 Å². The average Bonchev–Trinajstić information content (AvgIpc) is 2.65. The van der Waals surface area contributed by atoms with Crippen LogP contribution in [0, 0.1) is 12.7 Å². The fraction of sp³-hybridized carbons (Fsp3) is 0.300. The van der Waals surface area contributed by atoms with E-state index in [1.165, 1.54) is 6.07 Å². The molecule has 1 amide bonds. The molecule has 0 aromatic heterocycles. The van der Waals surface area contributed by atoms with Gasteiger partial charge >= 0.3 is 0 Å². The van der Waals surface area contributed by atoms with Gasteiger partial charge in [-0.2, -0.15) is 0 Å². The summed E-state index contributed by atoms with van der Waals surface area (Å²) in [6.45, 7) is 2.93. The number of rotatable bonds is 7. The second-order valence-electron chi connectivity index (χ2n) is 6.02. The molecule has 0 aliphatic heterocycles. The summed E-state index contributed by atoms with van der Waals surface area (Å²) in [4.78, 5) is 16.2. The summed E-state index contributed by atoms with van der Waals surface area (Å²) in [5, 5.41) is 9.11. The van der Waals surface area contributed by atoms with E-state index >= 15 is 0 Å². The van der Waals surface area contributed by atoms with Crippen molar-refractivity contribution in [3.8, 4) is 0 Å². The molecule has 0 atom stereocenters. The summed E-state index contributed by atoms with van der Waals surface area (Å²) in [5.41, 5.74) is 2.45. The fourth-order valence-corrected chi connectivity index (χ4v) is 2.83. The van der Waals surface area contributed by atoms with E-state index in [1.807, 2.05) is 31.2 Å². The lowest BCUT2D eigenvalue weighted by Gasteiger charge is -2.13. The van der Waals surface area contributed by atoms with Gasteiger partial charge < -0.3 is 16.0 Å². The maximum Gasteiger partial charge on any atom is 0.226 e. The molecular formula is C20H24BrFN4O. The number of anilines is 1. The Labute approximate surface area is 167 Å². The van der Waals surface area contributed by atoms with E-state index in [0.717, 1.165) is 15.7 Å². The van der Waals surface area contributed by atoms with Gasteiger partial charge in [0.1, 0.15) is 5.82 Å². The molecular weight excluding hydrogens is 411 g/mol. The number of aliphatic imine (C=N–C) groups is 1. The molecule has 7 heteroatoms. The third-order valence-corrected chi connectivity index (χ3v) is 4.48. The van der Waals surface area contributed by atoms with Crippen LogP contribution in [0.2, 0.25) is 0 Å². The number of nitrogens with zero attached hydrogens (tertiary/aromatic N) is 1. The van der Waals surface area contributed by atoms with Crippen molar-refractivity contribution in [1.82, 2.24) is 10.6 Å². The topological polar surface area (TPSA) is 65.5 Å². The zero-order valence-electron chi connectivity index (χ0n) is 15.5. The van der Waals surface area contributed by atoms with Crippen molar-refractivity contribution in [2.45, 2.75) is 19.8 Å². The molecule has 0 radical (unpaired) electrons. The van der Waals surface area contributed by atoms with Crippen molar-refractivity contribution < 1.29 is 9.18 Å². The van der Waals surface area contributed by atoms with Gasteiger partial charge in [-0.05, 0) is 42.7 Å². The molecule has 0 bridgehead atoms. The predicted molar refractivity (Wildman–Crippen MR) is 112 cm³/mol. The minimum absolute atomic E-state index is 0.0782. The normalized spacial score (nSPS) is 11.2. The van der Waals surface area contributed by atoms with E-state index in [0.29, 0.717) is 37.5 Å². The first-order valence-electron chi connectivity index (χ1n) is 8.73. The van der Waals surface area contributed by atoms with Crippen LogP contribution in [0.1, 0.15) is 17.5 Å². The van der Waals surface area contributed by atoms with Crippen LogP contribution in [-0.2, 0) is 11.2 Å². The highest BCUT2D eigenvalue weighted by atomic mass is 79.9. The zero-order chi connectivity index (χ0) is 19.6. The van der Waals surface area contributed by atoms with Crippen LogP contribution in [0.4, 0.5) is 10.1 Å². The van der Waals surface area contributed by atoms with Crippen molar-refractivity contribution in [2.75, 3.05) is 25.5 Å². The molecule has 0 saturated carbocycles. The molecule has 0 aliphatic rings. The minimum Gasteiger partial charge on any atom is -0.356 e. The Morgan fingerprint density at radius 1 is 1.15 bits per heavy atom. The molecule has 2 aromatic rings. The SMILES string of the molecule is CN=C(NCCC(=O)Nc1cc(Br)ccc1C)NCCc1ccccc1F. The number of amides is 1. The van der Waals surface area contributed by atoms with Crippen LogP contribution in [-0.4, -0.2) is 32.0 Å². The number of carbonyl (C=O) groups is 1. The number of benzene rings is 2. The van der Waals surface area contributed by atoms with Gasteiger partial charge in [-0.3, -0.25) is 9.79 Å². The molecule has 0 saturated heterocycles. The molecule has 0 fully saturated rings. The van der Waals surface area contributed by atoms with Crippen molar-refractivity contribution in [3.05, 3.63) is 63.9 Å². The van der Waals surface area contributed by atoms with Gasteiger partial charge in [0.2, 0.25) is 5.91 Å². The van der Waals surface area contributed by atoms with Gasteiger partial charge in [-0.25, -0.2) is 4.39 Å². The Kier molecular flexibility index (Phi) is 8.26. The van der Waals surface area contributed by atoms with Gasteiger partial charge in [-0.15, -0.1) is 0 Å². The monoisotopic (exact) mass is 434 g/mol. The van der Waals surface area contributed by atoms with E-state index in [4.69, 9.17) is 0 Å². The predicted octanol–water partition coefficient (Wildman–Crippen LogP) is 3.63. The first kappa shape index (κ1) is 20.9. The summed E-state index contributed by atoms with van der Waals surface area (Å²) in [5.74, 6) is 0.296. The number of hydrogen-bond donors (Lipinski definition) is 3. The summed E-state index contributed by atoms with van der Waals surface area (Å²) >= 11 is 3.40. The minimum atomic E-state index is -0.207. The van der Waals surface area contributed by atoms with Crippen molar-refractivity contribution >= 4 is 33.5 Å². The highest BCUT2D eigenvalue weighted by molar-refractivity contribution is 9.10. The Balaban J connectivity index is 1.72. The van der Waals surface area contributed by atoms with Gasteiger partial charge in [0.05, 0.1) is 0 Å². The van der Waals surface area contributed by atoms with Gasteiger partial charge in [0.15, 0.2) is 5.96 Å². The first-order valence-corrected chi connectivity index (χ1v) is 9.53. The highest BCUT2D eigenvalue weighted by Gasteiger charge is 2.06. The van der Waals surface area contributed by atoms with Gasteiger partial charge in [-0.1, -0.05) is 40.2 Å². The largest absolute Gasteiger partial charge is 0.356 e. The number of aryl methyl sites for hydroxylation is 1. The molecule has 5 nitrogen and oxygen atoms in total. The lowest BCUT2D eigenvalue weighted by molar-refractivity contribution is -0.116. The molecule has 2 aromatic carbocycles. The number of hydrogen-bond acceptors (Lipinski definition) is 2. The van der Waals surface area contributed by atoms with Gasteiger partial charge in [0.25, 0.3) is 0 Å². The van der Waals surface area contributed by atoms with E-state index < -0.39 is 0 Å². The molecule has 2 rings (SSSR count). The summed E-state index contributed by atoms with van der Waals surface area (Å²) in [7, 11) is 1.66. The number of nitrogens with one attached hydrogen (secondary N) is 3. The zero-order valence-corrected chi connectivity index (χ0v) is 17.1. The second-order valence-corrected chi connectivity index (χ2v) is 6.94. The van der Waals surface area contributed by atoms with Crippen LogP contribution < -0.4 is 16.0 Å². The lowest BCUT2D eigenvalue weighted by Crippen LogP contribution is -2.39. The standard InChI is InChI=1S/C20H24BrFN4O/c1-14-7-8-16(21)13-18(14)26-19(27)10-12-25-20(23-2)24-11-9-15-5-3-4-6-17(15)22/h3-8,13H,9-12H2,1-2H3,(H,26,27)(H2,23,24,25). The molecule has 0 unspecified atom stereocenters. The van der Waals surface area contributed by atoms with Crippen molar-refractivity contribution in [3.63, 3.8) is 0 Å². The maximum atomic E-state index is 13.6. The third kappa shape index (κ3) is 7.02. The molecule has 0 heterocycles. The molecule has 0 aliphatic carbocycles. The molecule has 144 valence electrons. The smallest absolute Gasteiger partial charge is 0.226 e. The van der Waals surface area contributed by atoms with E-state index in [9.17, 15) is 9.18 Å². The Morgan fingerprint density at radius 2 is 1.89 bits per heavy atom. The van der Waals surface area contributed by atoms with Crippen LogP contribution in [0.25, 0.3) is 0 Å². The lowest BCUT2D eigenvalue weighted by atomic mass is 10.1. The highest BCUT2D eigenvalue weighted by Crippen LogP contribution is 2.20.